The molecule has 0 aliphatic carbocycles. The number of anilines is 1. The van der Waals surface area contributed by atoms with E-state index in [1.54, 1.807) is 36.4 Å². The van der Waals surface area contributed by atoms with E-state index < -0.39 is 5.91 Å². The van der Waals surface area contributed by atoms with Crippen LogP contribution in [0.25, 0.3) is 6.08 Å². The van der Waals surface area contributed by atoms with Crippen molar-refractivity contribution in [2.75, 3.05) is 12.4 Å². The first-order chi connectivity index (χ1) is 15.8. The van der Waals surface area contributed by atoms with E-state index in [0.717, 1.165) is 5.56 Å². The zero-order chi connectivity index (χ0) is 24.0. The summed E-state index contributed by atoms with van der Waals surface area (Å²) < 4.78 is 12.0. The van der Waals surface area contributed by atoms with Gasteiger partial charge in [-0.3, -0.25) is 4.79 Å². The Hall–Kier alpha value is -2.69. The Labute approximate surface area is 214 Å². The third-order valence-corrected chi connectivity index (χ3v) is 5.98. The normalized spacial score (nSPS) is 11.0. The summed E-state index contributed by atoms with van der Waals surface area (Å²) in [6, 6.07) is 17.3. The molecule has 9 heteroatoms. The van der Waals surface area contributed by atoms with Crippen LogP contribution in [0.5, 0.6) is 11.5 Å². The number of carbonyl (C=O) groups is 1. The molecule has 0 saturated carbocycles. The molecule has 0 fully saturated rings. The molecule has 0 radical (unpaired) electrons. The number of methoxy groups -OCH3 is 1. The number of hydrogen-bond donors (Lipinski definition) is 1. The Morgan fingerprint density at radius 3 is 2.45 bits per heavy atom. The van der Waals surface area contributed by atoms with Gasteiger partial charge < -0.3 is 14.8 Å². The second-order valence-corrected chi connectivity index (χ2v) is 8.81. The van der Waals surface area contributed by atoms with E-state index in [1.807, 2.05) is 18.2 Å². The monoisotopic (exact) mass is 564 g/mol. The highest BCUT2D eigenvalue weighted by atomic mass is 79.9. The van der Waals surface area contributed by atoms with Gasteiger partial charge >= 0.3 is 0 Å². The standard InChI is InChI=1S/C24H16BrCl3N2O3/c1-32-22-10-15(9-19(25)23(22)33-13-14-2-4-17(26)5-3-14)8-16(12-29)24(31)30-18-6-7-20(27)21(28)11-18/h2-11H,13H2,1H3,(H,30,31)/b16-8+. The van der Waals surface area contributed by atoms with Crippen molar-refractivity contribution >= 4 is 68.4 Å². The van der Waals surface area contributed by atoms with Gasteiger partial charge in [0.25, 0.3) is 5.91 Å². The molecule has 0 heterocycles. The molecule has 5 nitrogen and oxygen atoms in total. The maximum atomic E-state index is 12.6. The van der Waals surface area contributed by atoms with Gasteiger partial charge in [-0.05, 0) is 75.6 Å². The lowest BCUT2D eigenvalue weighted by Crippen LogP contribution is -2.13. The average molecular weight is 567 g/mol. The quantitative estimate of drug-likeness (QED) is 0.237. The van der Waals surface area contributed by atoms with Gasteiger partial charge in [0.05, 0.1) is 21.6 Å². The second kappa shape index (κ2) is 11.4. The number of amides is 1. The molecule has 0 aliphatic heterocycles. The Morgan fingerprint density at radius 2 is 1.82 bits per heavy atom. The molecule has 0 bridgehead atoms. The molecular weight excluding hydrogens is 551 g/mol. The molecule has 1 amide bonds. The molecule has 0 saturated heterocycles. The van der Waals surface area contributed by atoms with Gasteiger partial charge in [0.15, 0.2) is 11.5 Å². The molecular formula is C24H16BrCl3N2O3. The minimum absolute atomic E-state index is 0.107. The van der Waals surface area contributed by atoms with Crippen LogP contribution in [-0.2, 0) is 11.4 Å². The van der Waals surface area contributed by atoms with Crippen LogP contribution >= 0.6 is 50.7 Å². The van der Waals surface area contributed by atoms with Gasteiger partial charge in [-0.1, -0.05) is 46.9 Å². The molecule has 168 valence electrons. The van der Waals surface area contributed by atoms with Crippen molar-refractivity contribution in [1.82, 2.24) is 0 Å². The van der Waals surface area contributed by atoms with Crippen molar-refractivity contribution in [2.24, 2.45) is 0 Å². The Kier molecular flexibility index (Phi) is 8.65. The highest BCUT2D eigenvalue weighted by Gasteiger charge is 2.15. The molecule has 3 aromatic carbocycles. The molecule has 3 rings (SSSR count). The van der Waals surface area contributed by atoms with E-state index in [0.29, 0.717) is 48.9 Å². The second-order valence-electron chi connectivity index (χ2n) is 6.70. The van der Waals surface area contributed by atoms with E-state index in [1.165, 1.54) is 19.3 Å². The first kappa shape index (κ1) is 24.9. The predicted molar refractivity (Wildman–Crippen MR) is 135 cm³/mol. The van der Waals surface area contributed by atoms with Crippen molar-refractivity contribution in [3.63, 3.8) is 0 Å². The number of ether oxygens (including phenoxy) is 2. The van der Waals surface area contributed by atoms with Crippen LogP contribution in [0.1, 0.15) is 11.1 Å². The van der Waals surface area contributed by atoms with Gasteiger partial charge in [-0.2, -0.15) is 5.26 Å². The van der Waals surface area contributed by atoms with Crippen molar-refractivity contribution in [3.05, 3.63) is 90.8 Å². The van der Waals surface area contributed by atoms with Crippen molar-refractivity contribution in [2.45, 2.75) is 6.61 Å². The average Bonchev–Trinajstić information content (AvgIpc) is 2.79. The maximum Gasteiger partial charge on any atom is 0.266 e. The van der Waals surface area contributed by atoms with Crippen LogP contribution in [0.3, 0.4) is 0 Å². The van der Waals surface area contributed by atoms with E-state index >= 15 is 0 Å². The van der Waals surface area contributed by atoms with Crippen molar-refractivity contribution in [3.8, 4) is 17.6 Å². The lowest BCUT2D eigenvalue weighted by Gasteiger charge is -2.14. The summed E-state index contributed by atoms with van der Waals surface area (Å²) in [5, 5.41) is 13.4. The third kappa shape index (κ3) is 6.66. The van der Waals surface area contributed by atoms with E-state index in [9.17, 15) is 10.1 Å². The summed E-state index contributed by atoms with van der Waals surface area (Å²) in [4.78, 5) is 12.6. The molecule has 0 atom stereocenters. The largest absolute Gasteiger partial charge is 0.493 e. The lowest BCUT2D eigenvalue weighted by atomic mass is 10.1. The minimum atomic E-state index is -0.589. The first-order valence-corrected chi connectivity index (χ1v) is 11.4. The number of benzene rings is 3. The molecule has 0 aromatic heterocycles. The summed E-state index contributed by atoms with van der Waals surface area (Å²) in [5.74, 6) is 0.337. The summed E-state index contributed by atoms with van der Waals surface area (Å²) in [6.45, 7) is 0.302. The summed E-state index contributed by atoms with van der Waals surface area (Å²) >= 11 is 21.3. The molecule has 0 unspecified atom stereocenters. The maximum absolute atomic E-state index is 12.6. The summed E-state index contributed by atoms with van der Waals surface area (Å²) in [5.41, 5.74) is 1.81. The first-order valence-electron chi connectivity index (χ1n) is 9.43. The van der Waals surface area contributed by atoms with E-state index in [2.05, 4.69) is 21.2 Å². The van der Waals surface area contributed by atoms with Crippen LogP contribution in [-0.4, -0.2) is 13.0 Å². The molecule has 33 heavy (non-hydrogen) atoms. The molecule has 1 N–H and O–H groups in total. The number of carbonyl (C=O) groups excluding carboxylic acids is 1. The van der Waals surface area contributed by atoms with Gasteiger partial charge in [0, 0.05) is 10.7 Å². The van der Waals surface area contributed by atoms with Gasteiger partial charge in [0.1, 0.15) is 18.2 Å². The SMILES string of the molecule is COc1cc(/C=C(\C#N)C(=O)Nc2ccc(Cl)c(Cl)c2)cc(Br)c1OCc1ccc(Cl)cc1. The number of nitrogens with zero attached hydrogens (tertiary/aromatic N) is 1. The number of rotatable bonds is 7. The Bertz CT molecular complexity index is 1260. The number of nitrogens with one attached hydrogen (secondary N) is 1. The van der Waals surface area contributed by atoms with Crippen LogP contribution in [0.2, 0.25) is 15.1 Å². The fourth-order valence-electron chi connectivity index (χ4n) is 2.79. The Morgan fingerprint density at radius 1 is 1.09 bits per heavy atom. The highest BCUT2D eigenvalue weighted by Crippen LogP contribution is 2.38. The number of hydrogen-bond acceptors (Lipinski definition) is 4. The predicted octanol–water partition coefficient (Wildman–Crippen LogP) is 7.54. The van der Waals surface area contributed by atoms with Crippen LogP contribution in [0.4, 0.5) is 5.69 Å². The Balaban J connectivity index is 1.81. The summed E-state index contributed by atoms with van der Waals surface area (Å²) in [7, 11) is 1.51. The van der Waals surface area contributed by atoms with Gasteiger partial charge in [-0.15, -0.1) is 0 Å². The fourth-order valence-corrected chi connectivity index (χ4v) is 3.79. The van der Waals surface area contributed by atoms with E-state index in [4.69, 9.17) is 44.3 Å². The lowest BCUT2D eigenvalue weighted by molar-refractivity contribution is -0.112. The smallest absolute Gasteiger partial charge is 0.266 e. The fraction of sp³-hybridized carbons (Fsp3) is 0.0833. The minimum Gasteiger partial charge on any atom is -0.493 e. The van der Waals surface area contributed by atoms with Crippen molar-refractivity contribution in [1.29, 1.82) is 5.26 Å². The number of nitriles is 1. The van der Waals surface area contributed by atoms with Crippen molar-refractivity contribution < 1.29 is 14.3 Å². The van der Waals surface area contributed by atoms with Crippen LogP contribution in [0, 0.1) is 11.3 Å². The molecule has 0 spiro atoms. The molecule has 3 aromatic rings. The van der Waals surface area contributed by atoms with E-state index in [-0.39, 0.29) is 5.57 Å². The highest BCUT2D eigenvalue weighted by molar-refractivity contribution is 9.10. The molecule has 0 aliphatic rings. The van der Waals surface area contributed by atoms with Gasteiger partial charge in [0.2, 0.25) is 0 Å². The van der Waals surface area contributed by atoms with Crippen LogP contribution in [0.15, 0.2) is 64.6 Å². The van der Waals surface area contributed by atoms with Gasteiger partial charge in [-0.25, -0.2) is 0 Å². The topological polar surface area (TPSA) is 71.3 Å². The summed E-state index contributed by atoms with van der Waals surface area (Å²) in [6.07, 6.45) is 1.45. The van der Waals surface area contributed by atoms with Crippen LogP contribution < -0.4 is 14.8 Å². The third-order valence-electron chi connectivity index (χ3n) is 4.40. The zero-order valence-corrected chi connectivity index (χ0v) is 21.0. The zero-order valence-electron chi connectivity index (χ0n) is 17.2. The number of halogens is 4.